The van der Waals surface area contributed by atoms with E-state index in [2.05, 4.69) is 39.3 Å². The smallest absolute Gasteiger partial charge is 0.439 e. The average molecular weight is 1290 g/mol. The first kappa shape index (κ1) is 66.9. The van der Waals surface area contributed by atoms with Crippen LogP contribution in [0.15, 0.2) is 99.4 Å². The fourth-order valence-electron chi connectivity index (χ4n) is 9.03. The molecule has 0 radical (unpaired) electrons. The van der Waals surface area contributed by atoms with Gasteiger partial charge in [-0.15, -0.1) is 22.7 Å². The molecule has 0 aliphatic carbocycles. The number of rotatable bonds is 18. The number of benzene rings is 4. The largest absolute Gasteiger partial charge is 0.488 e. The Kier molecular flexibility index (Phi) is 21.5. The van der Waals surface area contributed by atoms with Gasteiger partial charge in [0.15, 0.2) is 11.7 Å². The first-order valence-electron chi connectivity index (χ1n) is 25.4. The molecule has 0 amide bonds. The maximum atomic E-state index is 13.1. The number of alkyl halides is 16. The zero-order chi connectivity index (χ0) is 62.3. The highest BCUT2D eigenvalue weighted by atomic mass is 32.1. The van der Waals surface area contributed by atoms with Crippen LogP contribution in [-0.2, 0) is 38.7 Å². The van der Waals surface area contributed by atoms with Gasteiger partial charge in [0.1, 0.15) is 46.2 Å². The number of hydrogen-bond donors (Lipinski definition) is 3. The van der Waals surface area contributed by atoms with Gasteiger partial charge in [0, 0.05) is 36.3 Å². The summed E-state index contributed by atoms with van der Waals surface area (Å²) in [6.45, 7) is -5.74. The average Bonchev–Trinajstić information content (AvgIpc) is 2.32. The van der Waals surface area contributed by atoms with E-state index in [1.165, 1.54) is 48.5 Å². The van der Waals surface area contributed by atoms with Crippen LogP contribution in [0.4, 0.5) is 70.2 Å². The number of hydrogen-bond acceptors (Lipinski definition) is 15. The SMILES string of the molecule is C.NC(=NO)c1ccc(OCc2sc(-c3ccc(C(F)(F)F)cc3)nc2CN2CCC(C(F)(F)F)CC2)cc1OC(F)F.O=c1[nH]c(-c2ccc(OCc3sc(-c4ccc(C(F)(F)F)cc4)nc3CN3CCC(C(F)(F)F)CC3)cc2OC(F)F)no1. The molecule has 5 heterocycles. The van der Waals surface area contributed by atoms with Crippen molar-refractivity contribution in [3.05, 3.63) is 133 Å². The molecule has 9 rings (SSSR count). The molecule has 7 aromatic rings. The molecule has 4 aromatic carbocycles. The van der Waals surface area contributed by atoms with Crippen LogP contribution in [0.5, 0.6) is 23.0 Å². The molecule has 0 bridgehead atoms. The van der Waals surface area contributed by atoms with Crippen molar-refractivity contribution in [2.24, 2.45) is 22.7 Å². The van der Waals surface area contributed by atoms with E-state index in [4.69, 9.17) is 20.4 Å². The summed E-state index contributed by atoms with van der Waals surface area (Å²) in [4.78, 5) is 27.4. The minimum absolute atomic E-state index is 0. The third kappa shape index (κ3) is 18.0. The molecule has 33 heteroatoms. The second-order valence-corrected chi connectivity index (χ2v) is 21.4. The molecule has 3 aromatic heterocycles. The summed E-state index contributed by atoms with van der Waals surface area (Å²) >= 11 is 2.24. The zero-order valence-electron chi connectivity index (χ0n) is 43.9. The summed E-state index contributed by atoms with van der Waals surface area (Å²) in [6.07, 6.45) is -17.9. The Labute approximate surface area is 490 Å². The molecule has 472 valence electrons. The summed E-state index contributed by atoms with van der Waals surface area (Å²) in [5, 5.41) is 15.9. The number of aromatic amines is 1. The topological polar surface area (TPSA) is 187 Å². The maximum Gasteiger partial charge on any atom is 0.439 e. The van der Waals surface area contributed by atoms with Crippen molar-refractivity contribution in [3.8, 4) is 55.5 Å². The number of H-pyrrole nitrogens is 1. The molecule has 0 unspecified atom stereocenters. The van der Waals surface area contributed by atoms with Crippen LogP contribution < -0.4 is 30.4 Å². The van der Waals surface area contributed by atoms with Crippen molar-refractivity contribution >= 4 is 28.5 Å². The van der Waals surface area contributed by atoms with Gasteiger partial charge in [0.25, 0.3) is 0 Å². The van der Waals surface area contributed by atoms with Crippen LogP contribution in [0.1, 0.15) is 70.9 Å². The normalized spacial score (nSPS) is 15.3. The fourth-order valence-corrected chi connectivity index (χ4v) is 11.0. The Hall–Kier alpha value is -7.65. The number of ether oxygens (including phenoxy) is 4. The second-order valence-electron chi connectivity index (χ2n) is 19.2. The van der Waals surface area contributed by atoms with Crippen LogP contribution in [-0.4, -0.2) is 92.7 Å². The van der Waals surface area contributed by atoms with Gasteiger partial charge in [-0.05, 0) is 100 Å². The summed E-state index contributed by atoms with van der Waals surface area (Å²) < 4.78 is 234. The molecule has 2 saturated heterocycles. The minimum Gasteiger partial charge on any atom is -0.488 e. The van der Waals surface area contributed by atoms with Gasteiger partial charge < -0.3 is 29.9 Å². The Morgan fingerprint density at radius 1 is 0.644 bits per heavy atom. The highest BCUT2D eigenvalue weighted by Gasteiger charge is 2.42. The monoisotopic (exact) mass is 1290 g/mol. The Balaban J connectivity index is 0.000000246. The summed E-state index contributed by atoms with van der Waals surface area (Å²) in [5.74, 6) is -4.97. The number of thiazole rings is 2. The molecule has 15 nitrogen and oxygen atoms in total. The molecule has 2 aliphatic rings. The fraction of sp³-hybridized carbons (Fsp3) is 0.389. The van der Waals surface area contributed by atoms with Gasteiger partial charge in [-0.1, -0.05) is 42.0 Å². The minimum atomic E-state index is -4.53. The zero-order valence-corrected chi connectivity index (χ0v) is 45.5. The Morgan fingerprint density at radius 3 is 1.44 bits per heavy atom. The van der Waals surface area contributed by atoms with Crippen LogP contribution in [0, 0.1) is 11.8 Å². The quantitative estimate of drug-likeness (QED) is 0.0242. The number of nitrogens with one attached hydrogen (secondary N) is 1. The van der Waals surface area contributed by atoms with Gasteiger partial charge in [-0.3, -0.25) is 19.3 Å². The maximum absolute atomic E-state index is 13.1. The standard InChI is InChI=1S/C27H22F8N4O4S.C26H24F8N4O3S.CH4/c28-24(29)42-20-11-17(5-6-18(20)22-37-25(40)43-38-22)41-13-21-19(12-39-9-7-16(8-10-39)27(33,34)35)36-23(44-21)14-1-3-15(4-2-14)26(30,31)32;27-24(28)41-20-11-17(5-6-18(20)22(35)37-39)40-13-21-19(12-38-9-7-16(8-10-38)26(32,33)34)36-23(42-21)14-1-3-15(4-2-14)25(29,30)31;/h1-6,11,16,24H,7-10,12-13H2,(H,37,38,40);1-6,11,16,24,39H,7-10,12-13H2,(H2,35,37);1H4. The predicted octanol–water partition coefficient (Wildman–Crippen LogP) is 14.6. The summed E-state index contributed by atoms with van der Waals surface area (Å²) in [5.41, 5.74) is 5.42. The number of amidine groups is 1. The lowest BCUT2D eigenvalue weighted by molar-refractivity contribution is -0.186. The number of likely N-dealkylation sites (tertiary alicyclic amines) is 2. The van der Waals surface area contributed by atoms with Crippen molar-refractivity contribution < 1.29 is 98.9 Å². The highest BCUT2D eigenvalue weighted by molar-refractivity contribution is 7.15. The van der Waals surface area contributed by atoms with E-state index in [1.807, 2.05) is 0 Å². The van der Waals surface area contributed by atoms with Gasteiger partial charge in [0.05, 0.1) is 55.2 Å². The summed E-state index contributed by atoms with van der Waals surface area (Å²) in [6, 6.07) is 16.3. The van der Waals surface area contributed by atoms with Gasteiger partial charge in [-0.25, -0.2) is 14.8 Å². The third-order valence-electron chi connectivity index (χ3n) is 13.5. The number of nitrogens with two attached hydrogens (primary N) is 1. The lowest BCUT2D eigenvalue weighted by atomic mass is 9.96. The lowest BCUT2D eigenvalue weighted by Crippen LogP contribution is -2.38. The predicted molar refractivity (Wildman–Crippen MR) is 283 cm³/mol. The molecule has 4 N–H and O–H groups in total. The number of aromatic nitrogens is 4. The van der Waals surface area contributed by atoms with Crippen molar-refractivity contribution in [2.75, 3.05) is 26.2 Å². The Morgan fingerprint density at radius 2 is 1.06 bits per heavy atom. The molecular weight excluding hydrogens is 1240 g/mol. The van der Waals surface area contributed by atoms with Crippen molar-refractivity contribution in [2.45, 2.75) is 97.3 Å². The molecule has 87 heavy (non-hydrogen) atoms. The van der Waals surface area contributed by atoms with Crippen molar-refractivity contribution in [1.82, 2.24) is 29.9 Å². The molecule has 0 atom stereocenters. The number of halogens is 16. The van der Waals surface area contributed by atoms with E-state index in [0.717, 1.165) is 59.1 Å². The van der Waals surface area contributed by atoms with E-state index >= 15 is 0 Å². The van der Waals surface area contributed by atoms with Crippen LogP contribution in [0.3, 0.4) is 0 Å². The third-order valence-corrected chi connectivity index (χ3v) is 15.7. The second kappa shape index (κ2) is 28.0. The van der Waals surface area contributed by atoms with Crippen LogP contribution >= 0.6 is 22.7 Å². The number of piperidine rings is 2. The van der Waals surface area contributed by atoms with Gasteiger partial charge >= 0.3 is 43.7 Å². The van der Waals surface area contributed by atoms with E-state index in [0.29, 0.717) is 42.3 Å². The van der Waals surface area contributed by atoms with Gasteiger partial charge in [-0.2, -0.15) is 70.2 Å². The van der Waals surface area contributed by atoms with E-state index in [-0.39, 0.29) is 120 Å². The van der Waals surface area contributed by atoms with E-state index in [9.17, 15) is 75.0 Å². The number of nitrogens with zero attached hydrogens (tertiary/aromatic N) is 6. The molecule has 0 saturated carbocycles. The summed E-state index contributed by atoms with van der Waals surface area (Å²) in [7, 11) is 0. The lowest BCUT2D eigenvalue weighted by Gasteiger charge is -2.32. The highest BCUT2D eigenvalue weighted by Crippen LogP contribution is 2.41. The van der Waals surface area contributed by atoms with Crippen LogP contribution in [0.25, 0.3) is 32.5 Å². The Bertz CT molecular complexity index is 3460. The van der Waals surface area contributed by atoms with E-state index in [1.54, 1.807) is 9.80 Å². The van der Waals surface area contributed by atoms with Crippen molar-refractivity contribution in [3.63, 3.8) is 0 Å². The number of oxime groups is 1. The van der Waals surface area contributed by atoms with Gasteiger partial charge in [0.2, 0.25) is 0 Å². The first-order chi connectivity index (χ1) is 40.5. The van der Waals surface area contributed by atoms with E-state index < -0.39 is 78.2 Å². The molecular formula is C54H50F16N8O7S2. The molecule has 2 fully saturated rings. The molecule has 2 aliphatic heterocycles. The first-order valence-corrected chi connectivity index (χ1v) is 27.0. The van der Waals surface area contributed by atoms with Crippen LogP contribution in [0.2, 0.25) is 0 Å². The molecule has 0 spiro atoms. The van der Waals surface area contributed by atoms with Crippen molar-refractivity contribution in [1.29, 1.82) is 0 Å².